The first kappa shape index (κ1) is 13.0. The fraction of sp³-hybridized carbons (Fsp3) is 0.933. The van der Waals surface area contributed by atoms with E-state index in [1.807, 2.05) is 0 Å². The van der Waals surface area contributed by atoms with Crippen LogP contribution in [0.4, 0.5) is 0 Å². The lowest BCUT2D eigenvalue weighted by Crippen LogP contribution is -2.60. The van der Waals surface area contributed by atoms with E-state index in [1.54, 1.807) is 0 Å². The molecule has 4 fully saturated rings. The van der Waals surface area contributed by atoms with E-state index in [0.717, 1.165) is 31.1 Å². The summed E-state index contributed by atoms with van der Waals surface area (Å²) in [5.74, 6) is 1.86. The van der Waals surface area contributed by atoms with Crippen molar-refractivity contribution in [1.82, 2.24) is 5.32 Å². The molecule has 102 valence electrons. The van der Waals surface area contributed by atoms with E-state index >= 15 is 0 Å². The molecule has 0 aliphatic heterocycles. The zero-order chi connectivity index (χ0) is 13.2. The smallest absolute Gasteiger partial charge is 0.226 e. The highest BCUT2D eigenvalue weighted by atomic mass is 79.9. The molecule has 0 aromatic heterocycles. The third-order valence-electron chi connectivity index (χ3n) is 4.96. The second-order valence-corrected chi connectivity index (χ2v) is 9.78. The van der Waals surface area contributed by atoms with Gasteiger partial charge in [-0.3, -0.25) is 4.79 Å². The van der Waals surface area contributed by atoms with E-state index in [4.69, 9.17) is 0 Å². The van der Waals surface area contributed by atoms with Crippen molar-refractivity contribution in [3.63, 3.8) is 0 Å². The Bertz CT molecular complexity index is 370. The summed E-state index contributed by atoms with van der Waals surface area (Å²) in [7, 11) is 0. The summed E-state index contributed by atoms with van der Waals surface area (Å²) in [5.41, 5.74) is -0.180. The Morgan fingerprint density at radius 2 is 1.72 bits per heavy atom. The van der Waals surface area contributed by atoms with Crippen LogP contribution in [0.25, 0.3) is 0 Å². The predicted octanol–water partition coefficient (Wildman–Crippen LogP) is 3.64. The summed E-state index contributed by atoms with van der Waals surface area (Å²) in [6, 6.07) is 0. The van der Waals surface area contributed by atoms with Crippen LogP contribution in [-0.4, -0.2) is 15.8 Å². The van der Waals surface area contributed by atoms with Gasteiger partial charge in [-0.2, -0.15) is 0 Å². The fourth-order valence-electron chi connectivity index (χ4n) is 4.89. The average Bonchev–Trinajstić information content (AvgIpc) is 2.09. The molecule has 2 atom stereocenters. The van der Waals surface area contributed by atoms with Crippen LogP contribution in [0.2, 0.25) is 0 Å². The molecule has 4 bridgehead atoms. The molecular weight excluding hydrogens is 290 g/mol. The minimum atomic E-state index is -0.111. The van der Waals surface area contributed by atoms with Gasteiger partial charge >= 0.3 is 0 Å². The summed E-state index contributed by atoms with van der Waals surface area (Å²) < 4.78 is 0.270. The molecule has 4 aliphatic carbocycles. The van der Waals surface area contributed by atoms with Crippen LogP contribution in [0, 0.1) is 17.3 Å². The number of halogens is 1. The quantitative estimate of drug-likeness (QED) is 0.736. The topological polar surface area (TPSA) is 29.1 Å². The van der Waals surface area contributed by atoms with Gasteiger partial charge in [-0.15, -0.1) is 0 Å². The Balaban J connectivity index is 1.85. The van der Waals surface area contributed by atoms with Crippen molar-refractivity contribution in [2.24, 2.45) is 17.3 Å². The number of carbonyl (C=O) groups excluding carboxylic acids is 1. The van der Waals surface area contributed by atoms with Crippen LogP contribution in [0.5, 0.6) is 0 Å². The highest BCUT2D eigenvalue weighted by molar-refractivity contribution is 9.10. The van der Waals surface area contributed by atoms with Crippen molar-refractivity contribution in [1.29, 1.82) is 0 Å². The number of hydrogen-bond acceptors (Lipinski definition) is 1. The summed E-state index contributed by atoms with van der Waals surface area (Å²) in [5, 5.41) is 3.23. The van der Waals surface area contributed by atoms with Crippen molar-refractivity contribution < 1.29 is 4.79 Å². The van der Waals surface area contributed by atoms with Gasteiger partial charge in [0.1, 0.15) is 0 Å². The highest BCUT2D eigenvalue weighted by Gasteiger charge is 2.59. The van der Waals surface area contributed by atoms with E-state index < -0.39 is 0 Å². The first-order valence-electron chi connectivity index (χ1n) is 7.21. The van der Waals surface area contributed by atoms with Crippen molar-refractivity contribution >= 4 is 21.8 Å². The summed E-state index contributed by atoms with van der Waals surface area (Å²) in [6.07, 6.45) is 7.23. The number of hydrogen-bond donors (Lipinski definition) is 1. The molecule has 3 heteroatoms. The van der Waals surface area contributed by atoms with E-state index in [-0.39, 0.29) is 15.3 Å². The molecule has 1 amide bonds. The molecule has 0 aromatic carbocycles. The van der Waals surface area contributed by atoms with Crippen molar-refractivity contribution in [2.75, 3.05) is 0 Å². The number of rotatable bonds is 1. The SMILES string of the molecule is CC(C)(C)NC(=O)C12C[C@@H]3C[C@H](CC(Br)(C3)C1)C2. The normalized spacial score (nSPS) is 46.2. The van der Waals surface area contributed by atoms with Gasteiger partial charge in [0, 0.05) is 9.86 Å². The van der Waals surface area contributed by atoms with Crippen LogP contribution in [0.1, 0.15) is 59.3 Å². The fourth-order valence-corrected chi connectivity index (χ4v) is 6.34. The van der Waals surface area contributed by atoms with Crippen LogP contribution < -0.4 is 5.32 Å². The van der Waals surface area contributed by atoms with Crippen LogP contribution in [-0.2, 0) is 4.79 Å². The third kappa shape index (κ3) is 2.13. The molecule has 0 radical (unpaired) electrons. The molecular formula is C15H24BrNO. The standard InChI is InChI=1S/C15H24BrNO/c1-13(2,3)17-12(18)14-5-10-4-11(6-14)8-15(16,7-10)9-14/h10-11H,4-9H2,1-3H3,(H,17,18)/t10-,11-,14?,15?/m0/s1. The minimum absolute atomic E-state index is 0.0686. The number of alkyl halides is 1. The Kier molecular flexibility index (Phi) is 2.69. The molecule has 1 N–H and O–H groups in total. The van der Waals surface area contributed by atoms with Gasteiger partial charge in [0.2, 0.25) is 5.91 Å². The summed E-state index contributed by atoms with van der Waals surface area (Å²) in [6.45, 7) is 6.24. The maximum absolute atomic E-state index is 12.7. The van der Waals surface area contributed by atoms with E-state index in [2.05, 4.69) is 42.0 Å². The number of nitrogens with one attached hydrogen (secondary N) is 1. The van der Waals surface area contributed by atoms with Crippen molar-refractivity contribution in [3.05, 3.63) is 0 Å². The van der Waals surface area contributed by atoms with E-state index in [1.165, 1.54) is 19.3 Å². The van der Waals surface area contributed by atoms with Crippen molar-refractivity contribution in [3.8, 4) is 0 Å². The van der Waals surface area contributed by atoms with Gasteiger partial charge in [-0.05, 0) is 71.1 Å². The molecule has 0 aromatic rings. The molecule has 0 heterocycles. The van der Waals surface area contributed by atoms with Crippen LogP contribution in [0.15, 0.2) is 0 Å². The van der Waals surface area contributed by atoms with E-state index in [0.29, 0.717) is 5.91 Å². The molecule has 0 unspecified atom stereocenters. The van der Waals surface area contributed by atoms with Crippen molar-refractivity contribution in [2.45, 2.75) is 69.2 Å². The lowest BCUT2D eigenvalue weighted by molar-refractivity contribution is -0.145. The number of amides is 1. The van der Waals surface area contributed by atoms with E-state index in [9.17, 15) is 4.79 Å². The Morgan fingerprint density at radius 3 is 2.17 bits per heavy atom. The molecule has 2 nitrogen and oxygen atoms in total. The summed E-state index contributed by atoms with van der Waals surface area (Å²) in [4.78, 5) is 12.7. The van der Waals surface area contributed by atoms with Crippen LogP contribution in [0.3, 0.4) is 0 Å². The molecule has 0 saturated heterocycles. The lowest BCUT2D eigenvalue weighted by atomic mass is 9.49. The van der Waals surface area contributed by atoms with Gasteiger partial charge in [0.15, 0.2) is 0 Å². The molecule has 4 saturated carbocycles. The predicted molar refractivity (Wildman–Crippen MR) is 76.7 cm³/mol. The molecule has 18 heavy (non-hydrogen) atoms. The first-order valence-corrected chi connectivity index (χ1v) is 8.01. The second kappa shape index (κ2) is 3.74. The minimum Gasteiger partial charge on any atom is -0.351 e. The number of carbonyl (C=O) groups is 1. The van der Waals surface area contributed by atoms with Crippen LogP contribution >= 0.6 is 15.9 Å². The van der Waals surface area contributed by atoms with Gasteiger partial charge in [0.05, 0.1) is 5.41 Å². The third-order valence-corrected chi connectivity index (χ3v) is 5.89. The largest absolute Gasteiger partial charge is 0.351 e. The Hall–Kier alpha value is -0.0500. The monoisotopic (exact) mass is 313 g/mol. The first-order chi connectivity index (χ1) is 8.20. The highest BCUT2D eigenvalue weighted by Crippen LogP contribution is 2.64. The second-order valence-electron chi connectivity index (χ2n) is 8.10. The van der Waals surface area contributed by atoms with Gasteiger partial charge in [-0.25, -0.2) is 0 Å². The average molecular weight is 314 g/mol. The van der Waals surface area contributed by atoms with Gasteiger partial charge in [-0.1, -0.05) is 15.9 Å². The maximum Gasteiger partial charge on any atom is 0.226 e. The maximum atomic E-state index is 12.7. The van der Waals surface area contributed by atoms with Gasteiger partial charge in [0.25, 0.3) is 0 Å². The zero-order valence-corrected chi connectivity index (χ0v) is 13.3. The molecule has 4 rings (SSSR count). The Morgan fingerprint density at radius 1 is 1.17 bits per heavy atom. The summed E-state index contributed by atoms with van der Waals surface area (Å²) >= 11 is 3.96. The Labute approximate surface area is 118 Å². The lowest BCUT2D eigenvalue weighted by Gasteiger charge is -2.59. The molecule has 0 spiro atoms. The molecule has 4 aliphatic rings. The van der Waals surface area contributed by atoms with Gasteiger partial charge < -0.3 is 5.32 Å². The zero-order valence-electron chi connectivity index (χ0n) is 11.7.